The van der Waals surface area contributed by atoms with E-state index < -0.39 is 0 Å². The second-order valence-corrected chi connectivity index (χ2v) is 4.40. The molecule has 2 saturated heterocycles. The fraction of sp³-hybridized carbons (Fsp3) is 1.00. The van der Waals surface area contributed by atoms with Gasteiger partial charge < -0.3 is 15.0 Å². The normalized spacial score (nSPS) is 35.3. The molecule has 0 bridgehead atoms. The first-order chi connectivity index (χ1) is 6.27. The minimum Gasteiger partial charge on any atom is -0.377 e. The highest BCUT2D eigenvalue weighted by Crippen LogP contribution is 2.19. The maximum absolute atomic E-state index is 5.56. The van der Waals surface area contributed by atoms with Gasteiger partial charge in [-0.2, -0.15) is 0 Å². The minimum atomic E-state index is 0.429. The molecule has 2 atom stereocenters. The molecule has 0 saturated carbocycles. The number of hydrogen-bond acceptors (Lipinski definition) is 3. The van der Waals surface area contributed by atoms with E-state index in [1.54, 1.807) is 0 Å². The summed E-state index contributed by atoms with van der Waals surface area (Å²) in [6.07, 6.45) is 1.63. The highest BCUT2D eigenvalue weighted by Gasteiger charge is 2.30. The zero-order valence-corrected chi connectivity index (χ0v) is 8.62. The van der Waals surface area contributed by atoms with E-state index in [1.807, 2.05) is 0 Å². The molecule has 2 rings (SSSR count). The molecule has 2 fully saturated rings. The summed E-state index contributed by atoms with van der Waals surface area (Å²) in [5.74, 6) is 0.873. The molecule has 3 heteroatoms. The zero-order chi connectivity index (χ0) is 9.26. The van der Waals surface area contributed by atoms with Crippen molar-refractivity contribution in [2.24, 2.45) is 5.92 Å². The van der Waals surface area contributed by atoms with Crippen LogP contribution in [0.2, 0.25) is 0 Å². The number of likely N-dealkylation sites (N-methyl/N-ethyl adjacent to an activating group) is 1. The number of nitrogens with zero attached hydrogens (tertiary/aromatic N) is 1. The lowest BCUT2D eigenvalue weighted by Gasteiger charge is -2.34. The van der Waals surface area contributed by atoms with Crippen molar-refractivity contribution in [1.82, 2.24) is 10.2 Å². The standard InChI is InChI=1S/C10H20N2O/c1-8-10(3-4-13-8)12(2)7-9-5-11-6-9/h8-11H,3-7H2,1-2H3. The molecule has 76 valence electrons. The van der Waals surface area contributed by atoms with E-state index in [0.717, 1.165) is 12.5 Å². The Labute approximate surface area is 80.4 Å². The van der Waals surface area contributed by atoms with Crippen LogP contribution in [0.4, 0.5) is 0 Å². The van der Waals surface area contributed by atoms with Crippen LogP contribution in [-0.4, -0.2) is 50.3 Å². The summed E-state index contributed by atoms with van der Waals surface area (Å²) in [6, 6.07) is 0.653. The van der Waals surface area contributed by atoms with Gasteiger partial charge >= 0.3 is 0 Å². The van der Waals surface area contributed by atoms with E-state index in [1.165, 1.54) is 26.1 Å². The number of hydrogen-bond donors (Lipinski definition) is 1. The van der Waals surface area contributed by atoms with Gasteiger partial charge in [0.15, 0.2) is 0 Å². The number of nitrogens with one attached hydrogen (secondary N) is 1. The fourth-order valence-corrected chi connectivity index (χ4v) is 2.32. The highest BCUT2D eigenvalue weighted by molar-refractivity contribution is 4.84. The molecule has 3 nitrogen and oxygen atoms in total. The first-order valence-corrected chi connectivity index (χ1v) is 5.30. The average molecular weight is 184 g/mol. The van der Waals surface area contributed by atoms with Gasteiger partial charge in [-0.05, 0) is 26.3 Å². The van der Waals surface area contributed by atoms with Crippen LogP contribution in [0.25, 0.3) is 0 Å². The van der Waals surface area contributed by atoms with Gasteiger partial charge in [0.25, 0.3) is 0 Å². The van der Waals surface area contributed by atoms with Gasteiger partial charge in [-0.15, -0.1) is 0 Å². The SMILES string of the molecule is CC1OCCC1N(C)CC1CNC1. The second-order valence-electron chi connectivity index (χ2n) is 4.40. The van der Waals surface area contributed by atoms with Crippen molar-refractivity contribution in [2.75, 3.05) is 33.3 Å². The van der Waals surface area contributed by atoms with Gasteiger partial charge in [-0.3, -0.25) is 0 Å². The van der Waals surface area contributed by atoms with Crippen LogP contribution in [0.1, 0.15) is 13.3 Å². The summed E-state index contributed by atoms with van der Waals surface area (Å²) in [5.41, 5.74) is 0. The smallest absolute Gasteiger partial charge is 0.0702 e. The van der Waals surface area contributed by atoms with Crippen LogP contribution in [0.5, 0.6) is 0 Å². The van der Waals surface area contributed by atoms with E-state index >= 15 is 0 Å². The Hall–Kier alpha value is -0.120. The molecule has 2 aliphatic heterocycles. The van der Waals surface area contributed by atoms with Crippen LogP contribution in [0.3, 0.4) is 0 Å². The molecule has 0 spiro atoms. The minimum absolute atomic E-state index is 0.429. The van der Waals surface area contributed by atoms with Gasteiger partial charge in [-0.25, -0.2) is 0 Å². The Morgan fingerprint density at radius 1 is 1.46 bits per heavy atom. The summed E-state index contributed by atoms with van der Waals surface area (Å²) < 4.78 is 5.56. The van der Waals surface area contributed by atoms with Crippen LogP contribution in [0, 0.1) is 5.92 Å². The molecule has 1 N–H and O–H groups in total. The highest BCUT2D eigenvalue weighted by atomic mass is 16.5. The van der Waals surface area contributed by atoms with E-state index in [4.69, 9.17) is 4.74 Å². The van der Waals surface area contributed by atoms with Crippen molar-refractivity contribution in [2.45, 2.75) is 25.5 Å². The molecule has 0 amide bonds. The van der Waals surface area contributed by atoms with E-state index in [0.29, 0.717) is 12.1 Å². The first-order valence-electron chi connectivity index (χ1n) is 5.30. The van der Waals surface area contributed by atoms with Crippen molar-refractivity contribution in [1.29, 1.82) is 0 Å². The van der Waals surface area contributed by atoms with Crippen LogP contribution in [0.15, 0.2) is 0 Å². The topological polar surface area (TPSA) is 24.5 Å². The molecular formula is C10H20N2O. The molecule has 2 aliphatic rings. The quantitative estimate of drug-likeness (QED) is 0.683. The van der Waals surface area contributed by atoms with Gasteiger partial charge in [0.05, 0.1) is 6.10 Å². The molecule has 2 unspecified atom stereocenters. The lowest BCUT2D eigenvalue weighted by Crippen LogP contribution is -2.50. The van der Waals surface area contributed by atoms with E-state index in [2.05, 4.69) is 24.2 Å². The Kier molecular flexibility index (Phi) is 2.86. The van der Waals surface area contributed by atoms with Crippen molar-refractivity contribution in [3.05, 3.63) is 0 Å². The second kappa shape index (κ2) is 3.95. The van der Waals surface area contributed by atoms with Gasteiger partial charge in [0.1, 0.15) is 0 Å². The molecule has 0 aromatic heterocycles. The zero-order valence-electron chi connectivity index (χ0n) is 8.62. The summed E-state index contributed by atoms with van der Waals surface area (Å²) >= 11 is 0. The third-order valence-corrected chi connectivity index (χ3v) is 3.31. The van der Waals surface area contributed by atoms with Crippen LogP contribution in [-0.2, 0) is 4.74 Å². The number of rotatable bonds is 3. The van der Waals surface area contributed by atoms with Gasteiger partial charge in [0, 0.05) is 32.3 Å². The maximum atomic E-state index is 5.56. The van der Waals surface area contributed by atoms with Crippen molar-refractivity contribution in [3.63, 3.8) is 0 Å². The Morgan fingerprint density at radius 2 is 2.23 bits per heavy atom. The fourth-order valence-electron chi connectivity index (χ4n) is 2.32. The molecule has 0 aliphatic carbocycles. The monoisotopic (exact) mass is 184 g/mol. The summed E-state index contributed by atoms with van der Waals surface area (Å²) in [6.45, 7) is 6.76. The third-order valence-electron chi connectivity index (χ3n) is 3.31. The van der Waals surface area contributed by atoms with Gasteiger partial charge in [0.2, 0.25) is 0 Å². The first kappa shape index (κ1) is 9.44. The predicted molar refractivity (Wildman–Crippen MR) is 52.8 cm³/mol. The lowest BCUT2D eigenvalue weighted by atomic mass is 10.0. The van der Waals surface area contributed by atoms with Crippen LogP contribution < -0.4 is 5.32 Å². The third kappa shape index (κ3) is 2.03. The Balaban J connectivity index is 1.77. The Bertz CT molecular complexity index is 170. The van der Waals surface area contributed by atoms with E-state index in [-0.39, 0.29) is 0 Å². The molecule has 13 heavy (non-hydrogen) atoms. The van der Waals surface area contributed by atoms with Crippen molar-refractivity contribution < 1.29 is 4.74 Å². The molecule has 0 aromatic carbocycles. The number of ether oxygens (including phenoxy) is 1. The van der Waals surface area contributed by atoms with Crippen molar-refractivity contribution in [3.8, 4) is 0 Å². The van der Waals surface area contributed by atoms with Gasteiger partial charge in [-0.1, -0.05) is 0 Å². The largest absolute Gasteiger partial charge is 0.377 e. The lowest BCUT2D eigenvalue weighted by molar-refractivity contribution is 0.0740. The predicted octanol–water partition coefficient (Wildman–Crippen LogP) is 0.315. The average Bonchev–Trinajstić information content (AvgIpc) is 2.43. The van der Waals surface area contributed by atoms with Crippen LogP contribution >= 0.6 is 0 Å². The molecule has 0 aromatic rings. The maximum Gasteiger partial charge on any atom is 0.0702 e. The van der Waals surface area contributed by atoms with E-state index in [9.17, 15) is 0 Å². The summed E-state index contributed by atoms with van der Waals surface area (Å²) in [5, 5.41) is 3.31. The molecule has 0 radical (unpaired) electrons. The Morgan fingerprint density at radius 3 is 2.69 bits per heavy atom. The van der Waals surface area contributed by atoms with Crippen molar-refractivity contribution >= 4 is 0 Å². The summed E-state index contributed by atoms with van der Waals surface area (Å²) in [7, 11) is 2.23. The molecular weight excluding hydrogens is 164 g/mol. The molecule has 2 heterocycles. The summed E-state index contributed by atoms with van der Waals surface area (Å²) in [4.78, 5) is 2.48.